The van der Waals surface area contributed by atoms with E-state index >= 15 is 0 Å². The van der Waals surface area contributed by atoms with Crippen molar-refractivity contribution in [2.45, 2.75) is 6.04 Å². The molecule has 1 atom stereocenters. The molecule has 1 N–H and O–H groups in total. The minimum atomic E-state index is -0.798. The molecule has 0 saturated heterocycles. The van der Waals surface area contributed by atoms with E-state index in [1.165, 1.54) is 0 Å². The number of rotatable bonds is 4. The molecule has 1 heterocycles. The molecule has 0 aliphatic heterocycles. The smallest absolute Gasteiger partial charge is 0.252 e. The number of imidazole rings is 1. The highest BCUT2D eigenvalue weighted by Gasteiger charge is 2.21. The van der Waals surface area contributed by atoms with Gasteiger partial charge >= 0.3 is 0 Å². The van der Waals surface area contributed by atoms with Gasteiger partial charge in [-0.05, 0) is 17.7 Å². The number of amides is 1. The normalized spacial score (nSPS) is 12.0. The third kappa shape index (κ3) is 3.32. The number of carbonyl (C=O) groups is 1. The van der Waals surface area contributed by atoms with Crippen molar-refractivity contribution >= 4 is 5.91 Å². The Bertz CT molecular complexity index is 841. The van der Waals surface area contributed by atoms with Gasteiger partial charge in [-0.3, -0.25) is 4.79 Å². The zero-order valence-corrected chi connectivity index (χ0v) is 12.9. The van der Waals surface area contributed by atoms with E-state index in [0.29, 0.717) is 5.82 Å². The van der Waals surface area contributed by atoms with Crippen molar-refractivity contribution in [3.8, 4) is 0 Å². The van der Waals surface area contributed by atoms with Crippen molar-refractivity contribution < 1.29 is 13.6 Å². The van der Waals surface area contributed by atoms with E-state index in [1.54, 1.807) is 17.0 Å². The van der Waals surface area contributed by atoms with Crippen LogP contribution < -0.4 is 5.32 Å². The van der Waals surface area contributed by atoms with Gasteiger partial charge in [0.05, 0.1) is 0 Å². The van der Waals surface area contributed by atoms with Gasteiger partial charge in [-0.1, -0.05) is 30.3 Å². The second-order valence-corrected chi connectivity index (χ2v) is 5.37. The van der Waals surface area contributed by atoms with Gasteiger partial charge in [0.1, 0.15) is 23.5 Å². The molecule has 0 aliphatic carbocycles. The fraction of sp³-hybridized carbons (Fsp3) is 0.111. The van der Waals surface area contributed by atoms with Crippen molar-refractivity contribution in [3.63, 3.8) is 0 Å². The summed E-state index contributed by atoms with van der Waals surface area (Å²) in [6, 6.07) is 11.4. The number of aromatic nitrogens is 2. The maximum Gasteiger partial charge on any atom is 0.252 e. The van der Waals surface area contributed by atoms with Gasteiger partial charge in [0, 0.05) is 31.1 Å². The SMILES string of the molecule is Cn1ccnc1C(NC(=O)c1cc(F)cc(F)c1)c1ccccc1. The van der Waals surface area contributed by atoms with Crippen LogP contribution in [0.15, 0.2) is 60.9 Å². The molecule has 0 spiro atoms. The largest absolute Gasteiger partial charge is 0.338 e. The highest BCUT2D eigenvalue weighted by molar-refractivity contribution is 5.94. The van der Waals surface area contributed by atoms with Crippen LogP contribution >= 0.6 is 0 Å². The molecule has 1 amide bonds. The second kappa shape index (κ2) is 6.62. The van der Waals surface area contributed by atoms with Crippen LogP contribution in [-0.4, -0.2) is 15.5 Å². The fourth-order valence-electron chi connectivity index (χ4n) is 2.50. The zero-order chi connectivity index (χ0) is 17.1. The Morgan fingerprint density at radius 3 is 2.38 bits per heavy atom. The summed E-state index contributed by atoms with van der Waals surface area (Å²) in [5, 5.41) is 2.79. The van der Waals surface area contributed by atoms with Crippen molar-refractivity contribution in [3.05, 3.63) is 89.5 Å². The number of benzene rings is 2. The Hall–Kier alpha value is -3.02. The third-order valence-corrected chi connectivity index (χ3v) is 3.65. The average molecular weight is 327 g/mol. The number of hydrogen-bond donors (Lipinski definition) is 1. The van der Waals surface area contributed by atoms with Crippen LogP contribution in [0.3, 0.4) is 0 Å². The number of aryl methyl sites for hydroxylation is 1. The highest BCUT2D eigenvalue weighted by atomic mass is 19.1. The molecule has 1 unspecified atom stereocenters. The van der Waals surface area contributed by atoms with E-state index in [-0.39, 0.29) is 5.56 Å². The van der Waals surface area contributed by atoms with Crippen LogP contribution in [0.4, 0.5) is 8.78 Å². The van der Waals surface area contributed by atoms with Crippen molar-refractivity contribution in [2.75, 3.05) is 0 Å². The van der Waals surface area contributed by atoms with E-state index < -0.39 is 23.6 Å². The van der Waals surface area contributed by atoms with Gasteiger partial charge in [0.2, 0.25) is 0 Å². The summed E-state index contributed by atoms with van der Waals surface area (Å²) < 4.78 is 28.5. The standard InChI is InChI=1S/C18H15F2N3O/c1-23-8-7-21-17(23)16(12-5-3-2-4-6-12)22-18(24)13-9-14(19)11-15(20)10-13/h2-11,16H,1H3,(H,22,24). The highest BCUT2D eigenvalue weighted by Crippen LogP contribution is 2.21. The second-order valence-electron chi connectivity index (χ2n) is 5.37. The van der Waals surface area contributed by atoms with Gasteiger partial charge in [0.15, 0.2) is 0 Å². The van der Waals surface area contributed by atoms with E-state index in [1.807, 2.05) is 37.4 Å². The molecular formula is C18H15F2N3O. The van der Waals surface area contributed by atoms with Crippen LogP contribution in [0, 0.1) is 11.6 Å². The van der Waals surface area contributed by atoms with Crippen LogP contribution in [-0.2, 0) is 7.05 Å². The molecule has 0 fully saturated rings. The Kier molecular flexibility index (Phi) is 4.37. The topological polar surface area (TPSA) is 46.9 Å². The van der Waals surface area contributed by atoms with Gasteiger partial charge < -0.3 is 9.88 Å². The molecule has 24 heavy (non-hydrogen) atoms. The summed E-state index contributed by atoms with van der Waals surface area (Å²) in [4.78, 5) is 16.7. The maximum absolute atomic E-state index is 13.3. The summed E-state index contributed by atoms with van der Waals surface area (Å²) in [7, 11) is 1.81. The van der Waals surface area contributed by atoms with Gasteiger partial charge in [-0.25, -0.2) is 13.8 Å². The molecule has 0 aliphatic rings. The Labute approximate surface area is 137 Å². The molecule has 0 radical (unpaired) electrons. The summed E-state index contributed by atoms with van der Waals surface area (Å²) in [5.74, 6) is -1.56. The molecule has 3 aromatic rings. The first-order valence-electron chi connectivity index (χ1n) is 7.34. The molecule has 1 aromatic heterocycles. The minimum Gasteiger partial charge on any atom is -0.338 e. The Morgan fingerprint density at radius 1 is 1.12 bits per heavy atom. The number of nitrogens with one attached hydrogen (secondary N) is 1. The summed E-state index contributed by atoms with van der Waals surface area (Å²) >= 11 is 0. The number of nitrogens with zero attached hydrogens (tertiary/aromatic N) is 2. The van der Waals surface area contributed by atoms with Gasteiger partial charge in [0.25, 0.3) is 5.91 Å². The molecular weight excluding hydrogens is 312 g/mol. The molecule has 4 nitrogen and oxygen atoms in total. The van der Waals surface area contributed by atoms with Crippen molar-refractivity contribution in [1.29, 1.82) is 0 Å². The van der Waals surface area contributed by atoms with Crippen LogP contribution in [0.2, 0.25) is 0 Å². The first-order valence-corrected chi connectivity index (χ1v) is 7.34. The third-order valence-electron chi connectivity index (χ3n) is 3.65. The Morgan fingerprint density at radius 2 is 1.79 bits per heavy atom. The van der Waals surface area contributed by atoms with E-state index in [2.05, 4.69) is 10.3 Å². The first kappa shape index (κ1) is 15.9. The number of halogens is 2. The Balaban J connectivity index is 1.95. The van der Waals surface area contributed by atoms with E-state index in [4.69, 9.17) is 0 Å². The minimum absolute atomic E-state index is 0.0809. The van der Waals surface area contributed by atoms with Gasteiger partial charge in [-0.15, -0.1) is 0 Å². The molecule has 6 heteroatoms. The molecule has 122 valence electrons. The lowest BCUT2D eigenvalue weighted by molar-refractivity contribution is 0.0940. The van der Waals surface area contributed by atoms with Crippen molar-refractivity contribution in [1.82, 2.24) is 14.9 Å². The monoisotopic (exact) mass is 327 g/mol. The summed E-state index contributed by atoms with van der Waals surface area (Å²) in [6.07, 6.45) is 3.39. The van der Waals surface area contributed by atoms with Crippen molar-refractivity contribution in [2.24, 2.45) is 7.05 Å². The molecule has 0 bridgehead atoms. The molecule has 2 aromatic carbocycles. The fourth-order valence-corrected chi connectivity index (χ4v) is 2.50. The lowest BCUT2D eigenvalue weighted by Crippen LogP contribution is -2.31. The zero-order valence-electron chi connectivity index (χ0n) is 12.9. The molecule has 3 rings (SSSR count). The average Bonchev–Trinajstić information content (AvgIpc) is 2.98. The quantitative estimate of drug-likeness (QED) is 0.800. The lowest BCUT2D eigenvalue weighted by atomic mass is 10.1. The van der Waals surface area contributed by atoms with E-state index in [9.17, 15) is 13.6 Å². The first-order chi connectivity index (χ1) is 11.5. The van der Waals surface area contributed by atoms with Gasteiger partial charge in [-0.2, -0.15) is 0 Å². The maximum atomic E-state index is 13.3. The van der Waals surface area contributed by atoms with Crippen LogP contribution in [0.1, 0.15) is 27.8 Å². The summed E-state index contributed by atoms with van der Waals surface area (Å²) in [5.41, 5.74) is 0.736. The summed E-state index contributed by atoms with van der Waals surface area (Å²) in [6.45, 7) is 0. The molecule has 0 saturated carbocycles. The predicted molar refractivity (Wildman–Crippen MR) is 85.3 cm³/mol. The van der Waals surface area contributed by atoms with E-state index in [0.717, 1.165) is 23.8 Å². The van der Waals surface area contributed by atoms with Crippen LogP contribution in [0.5, 0.6) is 0 Å². The van der Waals surface area contributed by atoms with Crippen LogP contribution in [0.25, 0.3) is 0 Å². The lowest BCUT2D eigenvalue weighted by Gasteiger charge is -2.19. The number of hydrogen-bond acceptors (Lipinski definition) is 2. The number of carbonyl (C=O) groups excluding carboxylic acids is 1. The predicted octanol–water partition coefficient (Wildman–Crippen LogP) is 3.22.